The minimum Gasteiger partial charge on any atom is -0.373 e. The molecule has 0 radical (unpaired) electrons. The Hall–Kier alpha value is -0.980. The van der Waals surface area contributed by atoms with E-state index in [1.54, 1.807) is 10.9 Å². The van der Waals surface area contributed by atoms with E-state index in [4.69, 9.17) is 10.6 Å². The summed E-state index contributed by atoms with van der Waals surface area (Å²) < 4.78 is 7.91. The van der Waals surface area contributed by atoms with E-state index in [0.717, 1.165) is 24.5 Å². The molecule has 0 bridgehead atoms. The predicted octanol–water partition coefficient (Wildman–Crippen LogP) is 1.30. The van der Waals surface area contributed by atoms with Crippen molar-refractivity contribution in [1.29, 1.82) is 0 Å². The number of aryl methyl sites for hydroxylation is 1. The van der Waals surface area contributed by atoms with E-state index >= 15 is 0 Å². The molecule has 1 fully saturated rings. The number of hydrazine groups is 1. The van der Waals surface area contributed by atoms with Crippen LogP contribution in [0.25, 0.3) is 0 Å². The van der Waals surface area contributed by atoms with Crippen molar-refractivity contribution in [1.82, 2.24) is 20.4 Å². The highest BCUT2D eigenvalue weighted by Crippen LogP contribution is 2.42. The van der Waals surface area contributed by atoms with Gasteiger partial charge >= 0.3 is 0 Å². The molecular weight excluding hydrogens is 242 g/mol. The molecule has 0 spiro atoms. The summed E-state index contributed by atoms with van der Waals surface area (Å²) >= 11 is 0. The van der Waals surface area contributed by atoms with Crippen LogP contribution in [-0.4, -0.2) is 27.2 Å². The third-order valence-corrected chi connectivity index (χ3v) is 4.29. The van der Waals surface area contributed by atoms with Crippen LogP contribution in [0, 0.1) is 5.92 Å². The quantitative estimate of drug-likeness (QED) is 0.621. The standard InChI is InChI=1S/C13H25N5O/c1-4-19-13(7-5-10(2)6-8-13)12(16-14)11-9-15-17-18(11)3/h9-10,12,16H,4-8,14H2,1-3H3. The van der Waals surface area contributed by atoms with Crippen molar-refractivity contribution in [3.63, 3.8) is 0 Å². The van der Waals surface area contributed by atoms with Crippen LogP contribution < -0.4 is 11.3 Å². The Morgan fingerprint density at radius 1 is 1.58 bits per heavy atom. The first kappa shape index (κ1) is 14.4. The lowest BCUT2D eigenvalue weighted by molar-refractivity contribution is -0.0991. The van der Waals surface area contributed by atoms with E-state index in [1.807, 2.05) is 14.0 Å². The zero-order valence-electron chi connectivity index (χ0n) is 12.1. The number of rotatable bonds is 5. The molecule has 6 nitrogen and oxygen atoms in total. The summed E-state index contributed by atoms with van der Waals surface area (Å²) in [5, 5.41) is 7.96. The van der Waals surface area contributed by atoms with Crippen molar-refractivity contribution in [2.75, 3.05) is 6.61 Å². The van der Waals surface area contributed by atoms with Gasteiger partial charge in [-0.15, -0.1) is 5.10 Å². The first-order valence-corrected chi connectivity index (χ1v) is 7.07. The average molecular weight is 267 g/mol. The van der Waals surface area contributed by atoms with Crippen molar-refractivity contribution < 1.29 is 4.74 Å². The molecular formula is C13H25N5O. The summed E-state index contributed by atoms with van der Waals surface area (Å²) in [5.74, 6) is 6.58. The molecule has 1 unspecified atom stereocenters. The van der Waals surface area contributed by atoms with Gasteiger partial charge in [-0.1, -0.05) is 12.1 Å². The number of nitrogens with zero attached hydrogens (tertiary/aromatic N) is 3. The van der Waals surface area contributed by atoms with Gasteiger partial charge in [0.1, 0.15) is 0 Å². The summed E-state index contributed by atoms with van der Waals surface area (Å²) in [7, 11) is 1.89. The van der Waals surface area contributed by atoms with E-state index in [9.17, 15) is 0 Å². The van der Waals surface area contributed by atoms with Gasteiger partial charge in [0.25, 0.3) is 0 Å². The van der Waals surface area contributed by atoms with E-state index in [0.29, 0.717) is 6.61 Å². The van der Waals surface area contributed by atoms with Crippen molar-refractivity contribution in [3.8, 4) is 0 Å². The van der Waals surface area contributed by atoms with Gasteiger partial charge in [0.2, 0.25) is 0 Å². The Morgan fingerprint density at radius 3 is 2.74 bits per heavy atom. The number of aromatic nitrogens is 3. The maximum absolute atomic E-state index is 6.14. The van der Waals surface area contributed by atoms with Crippen LogP contribution in [0.5, 0.6) is 0 Å². The van der Waals surface area contributed by atoms with Crippen LogP contribution >= 0.6 is 0 Å². The third kappa shape index (κ3) is 2.80. The number of hydrogen-bond acceptors (Lipinski definition) is 5. The molecule has 3 N–H and O–H groups in total. The van der Waals surface area contributed by atoms with Gasteiger partial charge in [0.05, 0.1) is 23.5 Å². The molecule has 0 aromatic carbocycles. The second-order valence-corrected chi connectivity index (χ2v) is 5.56. The molecule has 0 saturated heterocycles. The fourth-order valence-corrected chi connectivity index (χ4v) is 3.12. The summed E-state index contributed by atoms with van der Waals surface area (Å²) in [6.07, 6.45) is 6.14. The van der Waals surface area contributed by atoms with Gasteiger partial charge in [0.15, 0.2) is 0 Å². The van der Waals surface area contributed by atoms with Crippen LogP contribution in [0.3, 0.4) is 0 Å². The van der Waals surface area contributed by atoms with E-state index in [-0.39, 0.29) is 11.6 Å². The van der Waals surface area contributed by atoms with E-state index in [1.165, 1.54) is 12.8 Å². The zero-order chi connectivity index (χ0) is 13.9. The molecule has 108 valence electrons. The van der Waals surface area contributed by atoms with Crippen molar-refractivity contribution in [2.45, 2.75) is 51.2 Å². The Bertz CT molecular complexity index is 397. The lowest BCUT2D eigenvalue weighted by atomic mass is 9.74. The SMILES string of the molecule is CCOC1(C(NN)c2cnnn2C)CCC(C)CC1. The fraction of sp³-hybridized carbons (Fsp3) is 0.846. The van der Waals surface area contributed by atoms with Crippen molar-refractivity contribution in [2.24, 2.45) is 18.8 Å². The van der Waals surface area contributed by atoms with E-state index in [2.05, 4.69) is 22.7 Å². The summed E-state index contributed by atoms with van der Waals surface area (Å²) in [6.45, 7) is 5.03. The normalized spacial score (nSPS) is 29.4. The molecule has 1 aromatic rings. The molecule has 2 rings (SSSR count). The van der Waals surface area contributed by atoms with Gasteiger partial charge in [-0.3, -0.25) is 10.5 Å². The van der Waals surface area contributed by atoms with Crippen LogP contribution in [0.1, 0.15) is 51.3 Å². The lowest BCUT2D eigenvalue weighted by Crippen LogP contribution is -2.51. The smallest absolute Gasteiger partial charge is 0.0934 e. The largest absolute Gasteiger partial charge is 0.373 e. The molecule has 1 atom stereocenters. The van der Waals surface area contributed by atoms with Crippen LogP contribution in [0.2, 0.25) is 0 Å². The molecule has 0 aliphatic heterocycles. The van der Waals surface area contributed by atoms with Crippen molar-refractivity contribution >= 4 is 0 Å². The highest BCUT2D eigenvalue weighted by atomic mass is 16.5. The maximum Gasteiger partial charge on any atom is 0.0934 e. The molecule has 1 heterocycles. The second kappa shape index (κ2) is 5.98. The van der Waals surface area contributed by atoms with Crippen LogP contribution in [0.4, 0.5) is 0 Å². The molecule has 1 aliphatic rings. The third-order valence-electron chi connectivity index (χ3n) is 4.29. The summed E-state index contributed by atoms with van der Waals surface area (Å²) in [6, 6.07) is -0.0695. The topological polar surface area (TPSA) is 78.0 Å². The Balaban J connectivity index is 2.28. The van der Waals surface area contributed by atoms with Gasteiger partial charge in [-0.25, -0.2) is 5.43 Å². The Kier molecular flexibility index (Phi) is 4.54. The maximum atomic E-state index is 6.14. The number of nitrogens with two attached hydrogens (primary N) is 1. The highest BCUT2D eigenvalue weighted by molar-refractivity contribution is 5.11. The Morgan fingerprint density at radius 2 is 2.26 bits per heavy atom. The number of hydrogen-bond donors (Lipinski definition) is 2. The predicted molar refractivity (Wildman–Crippen MR) is 73.1 cm³/mol. The molecule has 19 heavy (non-hydrogen) atoms. The first-order valence-electron chi connectivity index (χ1n) is 7.07. The summed E-state index contributed by atoms with van der Waals surface area (Å²) in [5.41, 5.74) is 3.66. The Labute approximate surface area is 114 Å². The van der Waals surface area contributed by atoms with Gasteiger partial charge < -0.3 is 4.74 Å². The highest BCUT2D eigenvalue weighted by Gasteiger charge is 2.43. The van der Waals surface area contributed by atoms with Crippen LogP contribution in [-0.2, 0) is 11.8 Å². The van der Waals surface area contributed by atoms with E-state index < -0.39 is 0 Å². The van der Waals surface area contributed by atoms with Gasteiger partial charge in [0, 0.05) is 13.7 Å². The number of nitrogens with one attached hydrogen (secondary N) is 1. The lowest BCUT2D eigenvalue weighted by Gasteiger charge is -2.44. The average Bonchev–Trinajstić information content (AvgIpc) is 2.81. The fourth-order valence-electron chi connectivity index (χ4n) is 3.12. The molecule has 1 aromatic heterocycles. The van der Waals surface area contributed by atoms with Gasteiger partial charge in [-0.05, 0) is 38.5 Å². The molecule has 1 saturated carbocycles. The second-order valence-electron chi connectivity index (χ2n) is 5.56. The molecule has 0 amide bonds. The minimum atomic E-state index is -0.245. The first-order chi connectivity index (χ1) is 9.13. The van der Waals surface area contributed by atoms with Crippen molar-refractivity contribution in [3.05, 3.63) is 11.9 Å². The minimum absolute atomic E-state index is 0.0695. The van der Waals surface area contributed by atoms with Crippen LogP contribution in [0.15, 0.2) is 6.20 Å². The number of ether oxygens (including phenoxy) is 1. The molecule has 1 aliphatic carbocycles. The summed E-state index contributed by atoms with van der Waals surface area (Å²) in [4.78, 5) is 0. The monoisotopic (exact) mass is 267 g/mol. The van der Waals surface area contributed by atoms with Gasteiger partial charge in [-0.2, -0.15) is 0 Å². The zero-order valence-corrected chi connectivity index (χ0v) is 12.1. The molecule has 6 heteroatoms.